The number of hydrogen-bond donors (Lipinski definition) is 0. The molecule has 0 saturated carbocycles. The fraction of sp³-hybridized carbons (Fsp3) is 0.400. The molecule has 3 heterocycles. The van der Waals surface area contributed by atoms with Crippen molar-refractivity contribution in [3.63, 3.8) is 0 Å². The number of carbonyl (C=O) groups is 1. The molecule has 0 spiro atoms. The van der Waals surface area contributed by atoms with E-state index in [1.807, 2.05) is 18.3 Å². The van der Waals surface area contributed by atoms with Crippen LogP contribution in [-0.2, 0) is 32.6 Å². The Morgan fingerprint density at radius 2 is 1.83 bits per heavy atom. The van der Waals surface area contributed by atoms with Gasteiger partial charge in [0.1, 0.15) is 18.2 Å². The zero-order valence-electron chi connectivity index (χ0n) is 21.0. The van der Waals surface area contributed by atoms with E-state index >= 15 is 0 Å². The number of amides is 1. The Hall–Kier alpha value is -3.28. The summed E-state index contributed by atoms with van der Waals surface area (Å²) >= 11 is 0. The Balaban J connectivity index is 1.29. The summed E-state index contributed by atoms with van der Waals surface area (Å²) in [5.74, 6) is 1.28. The van der Waals surface area contributed by atoms with Crippen molar-refractivity contribution >= 4 is 15.9 Å². The number of nitrogens with zero attached hydrogens (tertiary/aromatic N) is 5. The lowest BCUT2D eigenvalue weighted by atomic mass is 10.1. The van der Waals surface area contributed by atoms with Crippen LogP contribution in [0.1, 0.15) is 17.0 Å². The predicted octanol–water partition coefficient (Wildman–Crippen LogP) is 2.25. The van der Waals surface area contributed by atoms with E-state index in [1.165, 1.54) is 11.4 Å². The topological polar surface area (TPSA) is 107 Å². The second-order valence-electron chi connectivity index (χ2n) is 8.76. The molecule has 1 aromatic carbocycles. The van der Waals surface area contributed by atoms with Crippen molar-refractivity contribution < 1.29 is 22.7 Å². The van der Waals surface area contributed by atoms with Gasteiger partial charge in [0, 0.05) is 50.8 Å². The molecule has 1 aliphatic heterocycles. The monoisotopic (exact) mass is 513 g/mol. The van der Waals surface area contributed by atoms with Crippen LogP contribution in [0.15, 0.2) is 47.8 Å². The van der Waals surface area contributed by atoms with Crippen molar-refractivity contribution in [3.8, 4) is 17.0 Å². The fourth-order valence-corrected chi connectivity index (χ4v) is 5.84. The summed E-state index contributed by atoms with van der Waals surface area (Å²) in [5.41, 5.74) is 3.06. The van der Waals surface area contributed by atoms with E-state index in [0.29, 0.717) is 36.5 Å². The van der Waals surface area contributed by atoms with Crippen molar-refractivity contribution in [1.82, 2.24) is 23.7 Å². The molecule has 0 N–H and O–H groups in total. The minimum absolute atomic E-state index is 0.102. The van der Waals surface area contributed by atoms with E-state index in [4.69, 9.17) is 9.47 Å². The largest absolute Gasteiger partial charge is 0.497 e. The number of carbonyl (C=O) groups excluding carboxylic acids is 1. The summed E-state index contributed by atoms with van der Waals surface area (Å²) in [5, 5.41) is 0. The van der Waals surface area contributed by atoms with Gasteiger partial charge in [0.15, 0.2) is 0 Å². The number of pyridine rings is 1. The van der Waals surface area contributed by atoms with Crippen LogP contribution in [0, 0.1) is 13.8 Å². The van der Waals surface area contributed by atoms with Gasteiger partial charge in [-0.25, -0.2) is 13.4 Å². The SMILES string of the molecule is COc1cc(C)c(S(=O)(=O)N(C)CCOCC(=O)N2CCn3cc(-c4ccncc4)nc3C2)c(C)c1. The first-order chi connectivity index (χ1) is 17.2. The Bertz CT molecular complexity index is 1320. The van der Waals surface area contributed by atoms with Gasteiger partial charge in [-0.2, -0.15) is 4.31 Å². The third-order valence-corrected chi connectivity index (χ3v) is 8.41. The fourth-order valence-electron chi connectivity index (χ4n) is 4.28. The molecule has 0 radical (unpaired) electrons. The van der Waals surface area contributed by atoms with Gasteiger partial charge in [-0.1, -0.05) is 0 Å². The van der Waals surface area contributed by atoms with Gasteiger partial charge in [0.2, 0.25) is 15.9 Å². The highest BCUT2D eigenvalue weighted by atomic mass is 32.2. The first-order valence-electron chi connectivity index (χ1n) is 11.6. The third-order valence-electron chi connectivity index (χ3n) is 6.24. The Kier molecular flexibility index (Phi) is 7.72. The molecule has 3 aromatic rings. The van der Waals surface area contributed by atoms with Crippen molar-refractivity contribution in [1.29, 1.82) is 0 Å². The van der Waals surface area contributed by atoms with E-state index < -0.39 is 10.0 Å². The minimum atomic E-state index is -3.71. The maximum absolute atomic E-state index is 13.1. The van der Waals surface area contributed by atoms with E-state index in [1.54, 1.807) is 50.4 Å². The van der Waals surface area contributed by atoms with Crippen LogP contribution in [0.2, 0.25) is 0 Å². The van der Waals surface area contributed by atoms with Crippen LogP contribution in [0.25, 0.3) is 11.3 Å². The average Bonchev–Trinajstić information content (AvgIpc) is 3.29. The molecule has 0 saturated heterocycles. The number of benzene rings is 1. The standard InChI is InChI=1S/C25H31N5O5S/c1-18-13-21(34-4)14-19(2)25(18)36(32,33)28(3)11-12-35-17-24(31)30-10-9-29-15-22(27-23(29)16-30)20-5-7-26-8-6-20/h5-8,13-15H,9-12,16-17H2,1-4H3. The molecule has 0 bridgehead atoms. The lowest BCUT2D eigenvalue weighted by Crippen LogP contribution is -2.40. The zero-order chi connectivity index (χ0) is 25.9. The van der Waals surface area contributed by atoms with Crippen LogP contribution in [0.4, 0.5) is 0 Å². The first kappa shape index (κ1) is 25.8. The lowest BCUT2D eigenvalue weighted by molar-refractivity contribution is -0.137. The second kappa shape index (κ2) is 10.8. The highest BCUT2D eigenvalue weighted by molar-refractivity contribution is 7.89. The van der Waals surface area contributed by atoms with Crippen LogP contribution in [-0.4, -0.2) is 78.5 Å². The number of rotatable bonds is 9. The van der Waals surface area contributed by atoms with Gasteiger partial charge >= 0.3 is 0 Å². The molecule has 0 fully saturated rings. The summed E-state index contributed by atoms with van der Waals surface area (Å²) in [6.45, 7) is 5.21. The van der Waals surface area contributed by atoms with Crippen LogP contribution in [0.3, 0.4) is 0 Å². The summed E-state index contributed by atoms with van der Waals surface area (Å²) < 4.78 is 40.3. The van der Waals surface area contributed by atoms with Crippen LogP contribution < -0.4 is 4.74 Å². The van der Waals surface area contributed by atoms with E-state index in [2.05, 4.69) is 14.5 Å². The molecular weight excluding hydrogens is 482 g/mol. The van der Waals surface area contributed by atoms with Crippen molar-refractivity contribution in [2.24, 2.45) is 0 Å². The molecule has 0 atom stereocenters. The molecule has 0 unspecified atom stereocenters. The molecule has 4 rings (SSSR count). The Morgan fingerprint density at radius 3 is 2.50 bits per heavy atom. The second-order valence-corrected chi connectivity index (χ2v) is 10.7. The summed E-state index contributed by atoms with van der Waals surface area (Å²) in [7, 11) is -0.658. The van der Waals surface area contributed by atoms with Gasteiger partial charge < -0.3 is 18.9 Å². The number of ether oxygens (including phenoxy) is 2. The molecule has 10 nitrogen and oxygen atoms in total. The summed E-state index contributed by atoms with van der Waals surface area (Å²) in [6, 6.07) is 7.21. The van der Waals surface area contributed by atoms with Crippen LogP contribution in [0.5, 0.6) is 5.75 Å². The molecule has 1 aliphatic rings. The molecule has 2 aromatic heterocycles. The number of imidazole rings is 1. The van der Waals surface area contributed by atoms with Crippen LogP contribution >= 0.6 is 0 Å². The maximum Gasteiger partial charge on any atom is 0.249 e. The zero-order valence-corrected chi connectivity index (χ0v) is 21.8. The highest BCUT2D eigenvalue weighted by Gasteiger charge is 2.26. The van der Waals surface area contributed by atoms with E-state index in [-0.39, 0.29) is 30.6 Å². The summed E-state index contributed by atoms with van der Waals surface area (Å²) in [4.78, 5) is 23.4. The number of aromatic nitrogens is 3. The number of sulfonamides is 1. The molecule has 192 valence electrons. The van der Waals surface area contributed by atoms with Crippen molar-refractivity contribution in [3.05, 3.63) is 59.8 Å². The number of fused-ring (bicyclic) bond motifs is 1. The van der Waals surface area contributed by atoms with E-state index in [9.17, 15) is 13.2 Å². The van der Waals surface area contributed by atoms with Gasteiger partial charge in [-0.05, 0) is 49.2 Å². The smallest absolute Gasteiger partial charge is 0.249 e. The molecule has 0 aliphatic carbocycles. The Morgan fingerprint density at radius 1 is 1.14 bits per heavy atom. The number of methoxy groups -OCH3 is 1. The molecule has 36 heavy (non-hydrogen) atoms. The van der Waals surface area contributed by atoms with E-state index in [0.717, 1.165) is 17.1 Å². The highest BCUT2D eigenvalue weighted by Crippen LogP contribution is 2.27. The quantitative estimate of drug-likeness (QED) is 0.404. The van der Waals surface area contributed by atoms with Gasteiger partial charge in [-0.3, -0.25) is 9.78 Å². The lowest BCUT2D eigenvalue weighted by Gasteiger charge is -2.27. The number of likely N-dealkylation sites (N-methyl/N-ethyl adjacent to an activating group) is 1. The van der Waals surface area contributed by atoms with Gasteiger partial charge in [0.25, 0.3) is 0 Å². The molecule has 1 amide bonds. The predicted molar refractivity (Wildman–Crippen MR) is 134 cm³/mol. The minimum Gasteiger partial charge on any atom is -0.497 e. The first-order valence-corrected chi connectivity index (χ1v) is 13.1. The van der Waals surface area contributed by atoms with Gasteiger partial charge in [-0.15, -0.1) is 0 Å². The van der Waals surface area contributed by atoms with Crippen molar-refractivity contribution in [2.45, 2.75) is 31.8 Å². The normalized spacial score (nSPS) is 13.6. The number of aryl methyl sites for hydroxylation is 2. The maximum atomic E-state index is 13.1. The average molecular weight is 514 g/mol. The third kappa shape index (κ3) is 5.43. The number of hydrogen-bond acceptors (Lipinski definition) is 7. The molecular formula is C25H31N5O5S. The Labute approximate surface area is 211 Å². The summed E-state index contributed by atoms with van der Waals surface area (Å²) in [6.07, 6.45) is 5.44. The van der Waals surface area contributed by atoms with Crippen molar-refractivity contribution in [2.75, 3.05) is 40.5 Å². The van der Waals surface area contributed by atoms with Gasteiger partial charge in [0.05, 0.1) is 30.9 Å². The molecule has 11 heteroatoms.